The Morgan fingerprint density at radius 2 is 0.613 bits per heavy atom. The van der Waals surface area contributed by atoms with Crippen molar-refractivity contribution < 1.29 is 118 Å². The minimum Gasteiger partial charge on any atom is -0.463 e. The molecule has 350 valence electrons. The number of hydrogen-bond donors (Lipinski definition) is 0. The summed E-state index contributed by atoms with van der Waals surface area (Å²) in [6.07, 6.45) is -19.9. The Morgan fingerprint density at radius 3 is 0.806 bits per heavy atom. The molecule has 3 fully saturated rings. The molecule has 12 atom stereocenters. The molecule has 26 heteroatoms. The lowest BCUT2D eigenvalue weighted by molar-refractivity contribution is -0.275. The van der Waals surface area contributed by atoms with Crippen LogP contribution in [0.5, 0.6) is 0 Å². The van der Waals surface area contributed by atoms with Crippen LogP contribution in [0.2, 0.25) is 0 Å². The molecule has 0 aromatic heterocycles. The van der Waals surface area contributed by atoms with Crippen molar-refractivity contribution in [3.63, 3.8) is 0 Å². The standard InChI is InChI=1S/C36H51O25P/c1-16(37)47-13-28-34(53-22(7)43)25(50-19(4)40)10-31(56-28)59-62(46,60-32-11-26(51-20(5)41)35(54-23(8)44)29(57-32)14-48-17(2)38)61-33-12-27(52-21(6)42)36(55-24(9)45)30(58-33)15-49-18(3)39/h25-36H,10-15H2,1-9H3/t25-,26?,27?,28+,29?,30?,31?,32?,33?,34+,35?,36?,62?/m0/s1. The Balaban J connectivity index is 2.13. The van der Waals surface area contributed by atoms with Gasteiger partial charge in [-0.2, -0.15) is 0 Å². The highest BCUT2D eigenvalue weighted by atomic mass is 31.2. The number of ether oxygens (including phenoxy) is 12. The summed E-state index contributed by atoms with van der Waals surface area (Å²) in [4.78, 5) is 108. The first-order valence-electron chi connectivity index (χ1n) is 19.0. The number of carbonyl (C=O) groups is 9. The van der Waals surface area contributed by atoms with Crippen LogP contribution in [0.1, 0.15) is 81.6 Å². The van der Waals surface area contributed by atoms with E-state index in [2.05, 4.69) is 0 Å². The number of carbonyl (C=O) groups excluding carboxylic acids is 9. The Bertz CT molecular complexity index is 1510. The third-order valence-electron chi connectivity index (χ3n) is 8.40. The Morgan fingerprint density at radius 1 is 0.387 bits per heavy atom. The van der Waals surface area contributed by atoms with Gasteiger partial charge in [0.25, 0.3) is 0 Å². The molecule has 3 aliphatic heterocycles. The maximum Gasteiger partial charge on any atom is 0.481 e. The van der Waals surface area contributed by atoms with Crippen molar-refractivity contribution in [2.45, 2.75) is 155 Å². The fourth-order valence-electron chi connectivity index (χ4n) is 6.40. The van der Waals surface area contributed by atoms with Crippen LogP contribution < -0.4 is 0 Å². The summed E-state index contributed by atoms with van der Waals surface area (Å²) in [7, 11) is -5.39. The third kappa shape index (κ3) is 17.2. The zero-order valence-electron chi connectivity index (χ0n) is 35.3. The molecule has 0 spiro atoms. The summed E-state index contributed by atoms with van der Waals surface area (Å²) in [5.74, 6) is -7.51. The minimum atomic E-state index is -5.39. The van der Waals surface area contributed by atoms with Crippen LogP contribution in [0.3, 0.4) is 0 Å². The summed E-state index contributed by atoms with van der Waals surface area (Å²) in [5, 5.41) is 0. The van der Waals surface area contributed by atoms with Crippen LogP contribution in [0.4, 0.5) is 0 Å². The van der Waals surface area contributed by atoms with Gasteiger partial charge in [0, 0.05) is 81.6 Å². The van der Waals surface area contributed by atoms with Gasteiger partial charge in [-0.1, -0.05) is 0 Å². The lowest BCUT2D eigenvalue weighted by Gasteiger charge is -2.43. The molecule has 3 rings (SSSR count). The molecule has 0 aliphatic carbocycles. The zero-order valence-corrected chi connectivity index (χ0v) is 36.2. The van der Waals surface area contributed by atoms with Gasteiger partial charge in [0.05, 0.1) is 0 Å². The maximum absolute atomic E-state index is 15.2. The molecule has 0 bridgehead atoms. The first kappa shape index (κ1) is 51.6. The molecule has 0 N–H and O–H groups in total. The number of hydrogen-bond acceptors (Lipinski definition) is 25. The van der Waals surface area contributed by atoms with Crippen LogP contribution >= 0.6 is 7.82 Å². The van der Waals surface area contributed by atoms with E-state index in [9.17, 15) is 43.2 Å². The van der Waals surface area contributed by atoms with Crippen LogP contribution in [-0.4, -0.2) is 147 Å². The first-order valence-corrected chi connectivity index (χ1v) is 20.4. The van der Waals surface area contributed by atoms with E-state index < -0.39 is 174 Å². The van der Waals surface area contributed by atoms with Gasteiger partial charge in [0.15, 0.2) is 37.2 Å². The van der Waals surface area contributed by atoms with Gasteiger partial charge in [-0.05, 0) is 0 Å². The average Bonchev–Trinajstić information content (AvgIpc) is 3.11. The molecule has 0 radical (unpaired) electrons. The lowest BCUT2D eigenvalue weighted by Crippen LogP contribution is -2.55. The highest BCUT2D eigenvalue weighted by molar-refractivity contribution is 7.48. The molecule has 3 saturated heterocycles. The summed E-state index contributed by atoms with van der Waals surface area (Å²) >= 11 is 0. The highest BCUT2D eigenvalue weighted by Crippen LogP contribution is 2.56. The van der Waals surface area contributed by atoms with Gasteiger partial charge in [-0.15, -0.1) is 0 Å². The monoisotopic (exact) mass is 914 g/mol. The van der Waals surface area contributed by atoms with E-state index in [1.165, 1.54) is 0 Å². The van der Waals surface area contributed by atoms with Gasteiger partial charge in [0.2, 0.25) is 0 Å². The van der Waals surface area contributed by atoms with Gasteiger partial charge in [-0.25, -0.2) is 4.57 Å². The van der Waals surface area contributed by atoms with Crippen LogP contribution in [0.25, 0.3) is 0 Å². The quantitative estimate of drug-likeness (QED) is 0.104. The van der Waals surface area contributed by atoms with Gasteiger partial charge < -0.3 is 56.8 Å². The predicted octanol–water partition coefficient (Wildman–Crippen LogP) is 0.769. The molecule has 3 aliphatic rings. The van der Waals surface area contributed by atoms with E-state index in [1.807, 2.05) is 0 Å². The molecule has 9 unspecified atom stereocenters. The van der Waals surface area contributed by atoms with E-state index in [4.69, 9.17) is 70.4 Å². The van der Waals surface area contributed by atoms with Crippen LogP contribution in [0, 0.1) is 0 Å². The molecule has 0 saturated carbocycles. The second-order valence-corrected chi connectivity index (χ2v) is 15.4. The van der Waals surface area contributed by atoms with Crippen molar-refractivity contribution in [3.05, 3.63) is 0 Å². The van der Waals surface area contributed by atoms with E-state index in [1.54, 1.807) is 0 Å². The van der Waals surface area contributed by atoms with Crippen molar-refractivity contribution in [1.82, 2.24) is 0 Å². The fourth-order valence-corrected chi connectivity index (χ4v) is 7.82. The van der Waals surface area contributed by atoms with Crippen molar-refractivity contribution in [1.29, 1.82) is 0 Å². The number of esters is 9. The van der Waals surface area contributed by atoms with E-state index in [0.29, 0.717) is 0 Å². The van der Waals surface area contributed by atoms with E-state index >= 15 is 4.57 Å². The average molecular weight is 915 g/mol. The molecule has 25 nitrogen and oxygen atoms in total. The van der Waals surface area contributed by atoms with Crippen LogP contribution in [0.15, 0.2) is 0 Å². The van der Waals surface area contributed by atoms with Gasteiger partial charge in [-0.3, -0.25) is 56.7 Å². The van der Waals surface area contributed by atoms with Crippen molar-refractivity contribution in [2.24, 2.45) is 0 Å². The smallest absolute Gasteiger partial charge is 0.463 e. The minimum absolute atomic E-state index is 0.554. The van der Waals surface area contributed by atoms with Crippen molar-refractivity contribution in [3.8, 4) is 0 Å². The molecule has 0 amide bonds. The predicted molar refractivity (Wildman–Crippen MR) is 194 cm³/mol. The molecule has 3 heterocycles. The number of phosphoric ester groups is 1. The highest BCUT2D eigenvalue weighted by Gasteiger charge is 2.53. The third-order valence-corrected chi connectivity index (χ3v) is 9.88. The zero-order chi connectivity index (χ0) is 46.5. The SMILES string of the molecule is CC(=O)OCC1OC(OP(=O)(OC2CC(OC(C)=O)C(OC(C)=O)C(COC(C)=O)O2)OC2C[C@H](OC(C)=O)[C@@H](OC(C)=O)[C@@H](COC(C)=O)O2)CC(OC(C)=O)C1OC(C)=O. The largest absolute Gasteiger partial charge is 0.481 e. The lowest BCUT2D eigenvalue weighted by atomic mass is 10.0. The van der Waals surface area contributed by atoms with Crippen molar-refractivity contribution in [2.75, 3.05) is 19.8 Å². The van der Waals surface area contributed by atoms with Gasteiger partial charge in [0.1, 0.15) is 56.4 Å². The normalized spacial score (nSPS) is 30.5. The Labute approximate surface area is 354 Å². The molecule has 0 aromatic carbocycles. The summed E-state index contributed by atoms with van der Waals surface area (Å²) in [5.41, 5.74) is 0. The topological polar surface area (TPSA) is 309 Å². The van der Waals surface area contributed by atoms with Gasteiger partial charge >= 0.3 is 61.5 Å². The fraction of sp³-hybridized carbons (Fsp3) is 0.750. The second kappa shape index (κ2) is 23.6. The number of rotatable bonds is 18. The molecule has 0 aromatic rings. The van der Waals surface area contributed by atoms with Crippen molar-refractivity contribution >= 4 is 61.5 Å². The maximum atomic E-state index is 15.2. The first-order chi connectivity index (χ1) is 28.9. The molecular formula is C36H51O25P. The molecular weight excluding hydrogens is 863 g/mol. The molecule has 62 heavy (non-hydrogen) atoms. The second-order valence-electron chi connectivity index (χ2n) is 13.9. The van der Waals surface area contributed by atoms with E-state index in [0.717, 1.165) is 62.3 Å². The Kier molecular flexibility index (Phi) is 19.6. The summed E-state index contributed by atoms with van der Waals surface area (Å²) < 4.78 is 98.0. The van der Waals surface area contributed by atoms with Crippen LogP contribution in [-0.2, 0) is 118 Å². The number of phosphoric acid groups is 1. The van der Waals surface area contributed by atoms with E-state index in [-0.39, 0.29) is 0 Å². The Hall–Kier alpha value is -4.78. The summed E-state index contributed by atoms with van der Waals surface area (Å²) in [6.45, 7) is 7.62. The summed E-state index contributed by atoms with van der Waals surface area (Å²) in [6, 6.07) is 0.